The van der Waals surface area contributed by atoms with Crippen LogP contribution in [0, 0.1) is 0 Å². The van der Waals surface area contributed by atoms with Gasteiger partial charge in [-0.15, -0.1) is 11.3 Å². The van der Waals surface area contributed by atoms with Gasteiger partial charge in [0, 0.05) is 28.5 Å². The molecule has 0 aliphatic carbocycles. The molecule has 0 aliphatic rings. The van der Waals surface area contributed by atoms with E-state index in [1.54, 1.807) is 0 Å². The summed E-state index contributed by atoms with van der Waals surface area (Å²) >= 11 is 4.83. The van der Waals surface area contributed by atoms with Gasteiger partial charge in [0.05, 0.1) is 24.3 Å². The van der Waals surface area contributed by atoms with Gasteiger partial charge >= 0.3 is 0 Å². The van der Waals surface area contributed by atoms with E-state index in [0.717, 1.165) is 26.5 Å². The molecule has 1 aromatic heterocycles. The Labute approximate surface area is 187 Å². The highest BCUT2D eigenvalue weighted by atomic mass is 79.9. The van der Waals surface area contributed by atoms with Gasteiger partial charge in [-0.25, -0.2) is 4.98 Å². The molecule has 0 aliphatic heterocycles. The summed E-state index contributed by atoms with van der Waals surface area (Å²) < 4.78 is 6.60. The van der Waals surface area contributed by atoms with Crippen LogP contribution in [0.5, 0.6) is 5.75 Å². The van der Waals surface area contributed by atoms with Crippen LogP contribution < -0.4 is 15.4 Å². The molecule has 0 radical (unpaired) electrons. The summed E-state index contributed by atoms with van der Waals surface area (Å²) in [6.45, 7) is 2.78. The fourth-order valence-electron chi connectivity index (χ4n) is 2.74. The number of ether oxygens (including phenoxy) is 1. The van der Waals surface area contributed by atoms with Gasteiger partial charge in [-0.05, 0) is 43.3 Å². The van der Waals surface area contributed by atoms with E-state index >= 15 is 0 Å². The van der Waals surface area contributed by atoms with Gasteiger partial charge in [0.2, 0.25) is 11.8 Å². The van der Waals surface area contributed by atoms with Gasteiger partial charge in [0.15, 0.2) is 0 Å². The van der Waals surface area contributed by atoms with Crippen LogP contribution in [0.3, 0.4) is 0 Å². The highest BCUT2D eigenvalue weighted by Crippen LogP contribution is 2.32. The monoisotopic (exact) mass is 487 g/mol. The fraction of sp³-hybridized carbons (Fsp3) is 0.227. The van der Waals surface area contributed by atoms with Crippen LogP contribution in [0.2, 0.25) is 0 Å². The fourth-order valence-corrected chi connectivity index (χ4v) is 3.85. The highest BCUT2D eigenvalue weighted by Gasteiger charge is 2.12. The number of para-hydroxylation sites is 1. The third kappa shape index (κ3) is 6.40. The molecule has 2 aromatic carbocycles. The number of carbonyl (C=O) groups is 2. The molecule has 30 heavy (non-hydrogen) atoms. The Morgan fingerprint density at radius 1 is 1.10 bits per heavy atom. The lowest BCUT2D eigenvalue weighted by Gasteiger charge is -2.07. The third-order valence-corrected chi connectivity index (χ3v) is 5.57. The summed E-state index contributed by atoms with van der Waals surface area (Å²) in [4.78, 5) is 28.7. The number of rotatable bonds is 9. The molecule has 0 saturated carbocycles. The molecule has 0 unspecified atom stereocenters. The third-order valence-electron chi connectivity index (χ3n) is 4.11. The van der Waals surface area contributed by atoms with E-state index in [2.05, 4.69) is 31.5 Å². The molecule has 3 aromatic rings. The number of nitrogens with one attached hydrogen (secondary N) is 2. The van der Waals surface area contributed by atoms with Crippen LogP contribution in [0.1, 0.15) is 19.0 Å². The van der Waals surface area contributed by atoms with E-state index in [-0.39, 0.29) is 31.2 Å². The predicted octanol–water partition coefficient (Wildman–Crippen LogP) is 4.66. The van der Waals surface area contributed by atoms with Gasteiger partial charge in [-0.3, -0.25) is 9.59 Å². The van der Waals surface area contributed by atoms with Crippen molar-refractivity contribution in [3.8, 4) is 16.3 Å². The number of thiazole rings is 1. The number of carbonyl (C=O) groups excluding carboxylic acids is 2. The predicted molar refractivity (Wildman–Crippen MR) is 123 cm³/mol. The number of hydrogen-bond acceptors (Lipinski definition) is 5. The minimum atomic E-state index is -0.165. The van der Waals surface area contributed by atoms with Crippen molar-refractivity contribution in [2.24, 2.45) is 0 Å². The Hall–Kier alpha value is -2.71. The number of nitrogens with zero attached hydrogens (tertiary/aromatic N) is 1. The summed E-state index contributed by atoms with van der Waals surface area (Å²) in [5.41, 5.74) is 2.33. The van der Waals surface area contributed by atoms with Crippen molar-refractivity contribution in [2.75, 3.05) is 18.5 Å². The minimum absolute atomic E-state index is 0.152. The van der Waals surface area contributed by atoms with E-state index in [4.69, 9.17) is 4.74 Å². The molecule has 156 valence electrons. The van der Waals surface area contributed by atoms with Crippen LogP contribution in [-0.2, 0) is 16.0 Å². The van der Waals surface area contributed by atoms with Crippen molar-refractivity contribution in [2.45, 2.75) is 19.8 Å². The maximum absolute atomic E-state index is 12.2. The van der Waals surface area contributed by atoms with Crippen LogP contribution in [0.15, 0.2) is 58.4 Å². The smallest absolute Gasteiger partial charge is 0.226 e. The molecule has 2 amide bonds. The molecule has 0 saturated heterocycles. The quantitative estimate of drug-likeness (QED) is 0.459. The maximum atomic E-state index is 12.2. The average molecular weight is 488 g/mol. The van der Waals surface area contributed by atoms with Gasteiger partial charge in [0.25, 0.3) is 0 Å². The molecule has 0 fully saturated rings. The first kappa shape index (κ1) is 22.0. The largest absolute Gasteiger partial charge is 0.493 e. The summed E-state index contributed by atoms with van der Waals surface area (Å²) in [5, 5.41) is 8.25. The lowest BCUT2D eigenvalue weighted by atomic mass is 10.2. The van der Waals surface area contributed by atoms with Crippen LogP contribution in [0.4, 0.5) is 5.69 Å². The van der Waals surface area contributed by atoms with Gasteiger partial charge in [-0.2, -0.15) is 0 Å². The van der Waals surface area contributed by atoms with Gasteiger partial charge in [0.1, 0.15) is 10.8 Å². The Bertz CT molecular complexity index is 1000. The topological polar surface area (TPSA) is 80.3 Å². The van der Waals surface area contributed by atoms with E-state index in [1.807, 2.05) is 60.8 Å². The zero-order chi connectivity index (χ0) is 21.3. The molecule has 3 rings (SSSR count). The average Bonchev–Trinajstić information content (AvgIpc) is 3.18. The summed E-state index contributed by atoms with van der Waals surface area (Å²) in [6.07, 6.45) is 0.369. The van der Waals surface area contributed by atoms with Crippen molar-refractivity contribution < 1.29 is 14.3 Å². The number of amides is 2. The van der Waals surface area contributed by atoms with Crippen LogP contribution in [0.25, 0.3) is 10.6 Å². The van der Waals surface area contributed by atoms with Crippen LogP contribution >= 0.6 is 27.3 Å². The lowest BCUT2D eigenvalue weighted by molar-refractivity contribution is -0.120. The highest BCUT2D eigenvalue weighted by molar-refractivity contribution is 9.10. The number of halogens is 1. The van der Waals surface area contributed by atoms with Crippen molar-refractivity contribution >= 4 is 44.8 Å². The molecule has 2 N–H and O–H groups in total. The first-order chi connectivity index (χ1) is 14.5. The summed E-state index contributed by atoms with van der Waals surface area (Å²) in [7, 11) is 0. The second kappa shape index (κ2) is 10.9. The molecule has 0 spiro atoms. The van der Waals surface area contributed by atoms with E-state index in [1.165, 1.54) is 11.3 Å². The van der Waals surface area contributed by atoms with E-state index in [0.29, 0.717) is 12.3 Å². The molecule has 1 heterocycles. The number of benzene rings is 2. The Balaban J connectivity index is 1.46. The van der Waals surface area contributed by atoms with Crippen molar-refractivity contribution in [3.05, 3.63) is 64.1 Å². The molecule has 0 bridgehead atoms. The Morgan fingerprint density at radius 2 is 1.87 bits per heavy atom. The van der Waals surface area contributed by atoms with Crippen LogP contribution in [-0.4, -0.2) is 29.9 Å². The zero-order valence-electron chi connectivity index (χ0n) is 16.5. The van der Waals surface area contributed by atoms with E-state index < -0.39 is 0 Å². The molecule has 0 atom stereocenters. The summed E-state index contributed by atoms with van der Waals surface area (Å²) in [5.74, 6) is 0.463. The lowest BCUT2D eigenvalue weighted by Crippen LogP contribution is -2.29. The Morgan fingerprint density at radius 3 is 2.63 bits per heavy atom. The normalized spacial score (nSPS) is 10.5. The standard InChI is InChI=1S/C22H22BrN3O3S/c1-2-29-19-6-4-3-5-18(19)22-26-17(14-30-22)13-21(28)24-12-11-20(27)25-16-9-7-15(23)8-10-16/h3-10,14H,2,11-13H2,1H3,(H,24,28)(H,25,27). The first-order valence-electron chi connectivity index (χ1n) is 9.54. The number of aromatic nitrogens is 1. The number of hydrogen-bond donors (Lipinski definition) is 2. The summed E-state index contributed by atoms with van der Waals surface area (Å²) in [6, 6.07) is 15.0. The second-order valence-corrected chi connectivity index (χ2v) is 8.18. The van der Waals surface area contributed by atoms with Gasteiger partial charge in [-0.1, -0.05) is 28.1 Å². The number of anilines is 1. The first-order valence-corrected chi connectivity index (χ1v) is 11.2. The van der Waals surface area contributed by atoms with Crippen molar-refractivity contribution in [1.29, 1.82) is 0 Å². The molecule has 6 nitrogen and oxygen atoms in total. The maximum Gasteiger partial charge on any atom is 0.226 e. The second-order valence-electron chi connectivity index (χ2n) is 6.40. The SMILES string of the molecule is CCOc1ccccc1-c1nc(CC(=O)NCCC(=O)Nc2ccc(Br)cc2)cs1. The minimum Gasteiger partial charge on any atom is -0.493 e. The van der Waals surface area contributed by atoms with Crippen molar-refractivity contribution in [1.82, 2.24) is 10.3 Å². The van der Waals surface area contributed by atoms with Gasteiger partial charge < -0.3 is 15.4 Å². The Kier molecular flexibility index (Phi) is 7.98. The van der Waals surface area contributed by atoms with E-state index in [9.17, 15) is 9.59 Å². The zero-order valence-corrected chi connectivity index (χ0v) is 18.9. The van der Waals surface area contributed by atoms with Crippen molar-refractivity contribution in [3.63, 3.8) is 0 Å². The molecular formula is C22H22BrN3O3S. The molecular weight excluding hydrogens is 466 g/mol. The molecule has 8 heteroatoms.